The van der Waals surface area contributed by atoms with Crippen molar-refractivity contribution < 1.29 is 19.7 Å². The second kappa shape index (κ2) is 6.51. The van der Waals surface area contributed by atoms with Crippen molar-refractivity contribution in [2.45, 2.75) is 47.0 Å². The standard InChI is InChI=1S/C18H28O4/c1-10(2)11(3)9-18(5,6)13-12(4)14(19)16(21-7)17(22-8)15(13)20/h9-10,19-20H,1-8H3/b11-9+. The summed E-state index contributed by atoms with van der Waals surface area (Å²) in [5, 5.41) is 21.0. The van der Waals surface area contributed by atoms with Gasteiger partial charge >= 0.3 is 0 Å². The minimum atomic E-state index is -0.459. The van der Waals surface area contributed by atoms with Crippen molar-refractivity contribution in [3.63, 3.8) is 0 Å². The maximum atomic E-state index is 10.6. The molecule has 1 aromatic carbocycles. The number of ether oxygens (including phenoxy) is 2. The molecule has 0 fully saturated rings. The molecule has 4 heteroatoms. The molecule has 0 radical (unpaired) electrons. The van der Waals surface area contributed by atoms with Gasteiger partial charge in [0.2, 0.25) is 11.5 Å². The molecule has 0 saturated carbocycles. The molecule has 1 rings (SSSR count). The highest BCUT2D eigenvalue weighted by atomic mass is 16.5. The predicted molar refractivity (Wildman–Crippen MR) is 89.2 cm³/mol. The number of hydrogen-bond acceptors (Lipinski definition) is 4. The lowest BCUT2D eigenvalue weighted by Crippen LogP contribution is -2.18. The molecular weight excluding hydrogens is 280 g/mol. The van der Waals surface area contributed by atoms with Crippen LogP contribution in [0.4, 0.5) is 0 Å². The van der Waals surface area contributed by atoms with Gasteiger partial charge in [0.25, 0.3) is 0 Å². The Labute approximate surface area is 133 Å². The third kappa shape index (κ3) is 3.16. The number of rotatable bonds is 5. The first-order valence-electron chi connectivity index (χ1n) is 7.44. The quantitative estimate of drug-likeness (QED) is 0.629. The summed E-state index contributed by atoms with van der Waals surface area (Å²) in [7, 11) is 2.88. The molecule has 4 nitrogen and oxygen atoms in total. The summed E-state index contributed by atoms with van der Waals surface area (Å²) in [6.07, 6.45) is 2.12. The van der Waals surface area contributed by atoms with Gasteiger partial charge in [-0.25, -0.2) is 0 Å². The molecule has 0 atom stereocenters. The second-order valence-electron chi connectivity index (χ2n) is 6.53. The molecule has 0 bridgehead atoms. The predicted octanol–water partition coefficient (Wildman–Crippen LogP) is 4.30. The van der Waals surface area contributed by atoms with Crippen molar-refractivity contribution in [3.05, 3.63) is 22.8 Å². The Balaban J connectivity index is 3.68. The van der Waals surface area contributed by atoms with Crippen LogP contribution in [0, 0.1) is 12.8 Å². The molecule has 0 heterocycles. The first-order valence-corrected chi connectivity index (χ1v) is 7.44. The maximum Gasteiger partial charge on any atom is 0.207 e. The second-order valence-corrected chi connectivity index (χ2v) is 6.53. The summed E-state index contributed by atoms with van der Waals surface area (Å²) in [5.74, 6) is 0.727. The van der Waals surface area contributed by atoms with Crippen LogP contribution in [0.1, 0.15) is 45.7 Å². The highest BCUT2D eigenvalue weighted by molar-refractivity contribution is 5.68. The van der Waals surface area contributed by atoms with Crippen molar-refractivity contribution in [1.82, 2.24) is 0 Å². The maximum absolute atomic E-state index is 10.6. The Morgan fingerprint density at radius 3 is 1.91 bits per heavy atom. The number of allylic oxidation sites excluding steroid dienone is 2. The summed E-state index contributed by atoms with van der Waals surface area (Å²) in [6.45, 7) is 12.1. The van der Waals surface area contributed by atoms with E-state index in [4.69, 9.17) is 9.47 Å². The minimum Gasteiger partial charge on any atom is -0.504 e. The molecule has 22 heavy (non-hydrogen) atoms. The summed E-state index contributed by atoms with van der Waals surface area (Å²) < 4.78 is 10.4. The molecule has 0 spiro atoms. The number of methoxy groups -OCH3 is 2. The van der Waals surface area contributed by atoms with Crippen LogP contribution in [0.2, 0.25) is 0 Å². The van der Waals surface area contributed by atoms with Crippen LogP contribution in [-0.2, 0) is 5.41 Å². The van der Waals surface area contributed by atoms with E-state index in [1.54, 1.807) is 6.92 Å². The third-order valence-corrected chi connectivity index (χ3v) is 4.16. The van der Waals surface area contributed by atoms with Crippen LogP contribution in [0.15, 0.2) is 11.6 Å². The number of aromatic hydroxyl groups is 2. The largest absolute Gasteiger partial charge is 0.504 e. The highest BCUT2D eigenvalue weighted by Crippen LogP contribution is 2.52. The zero-order valence-corrected chi connectivity index (χ0v) is 14.9. The molecule has 0 aliphatic rings. The van der Waals surface area contributed by atoms with Crippen LogP contribution in [0.25, 0.3) is 0 Å². The van der Waals surface area contributed by atoms with Crippen LogP contribution < -0.4 is 9.47 Å². The van der Waals surface area contributed by atoms with E-state index < -0.39 is 5.41 Å². The van der Waals surface area contributed by atoms with Crippen molar-refractivity contribution >= 4 is 0 Å². The molecule has 0 saturated heterocycles. The molecule has 0 aliphatic heterocycles. The molecule has 124 valence electrons. The fourth-order valence-corrected chi connectivity index (χ4v) is 2.77. The van der Waals surface area contributed by atoms with Crippen molar-refractivity contribution in [2.75, 3.05) is 14.2 Å². The fraction of sp³-hybridized carbons (Fsp3) is 0.556. The lowest BCUT2D eigenvalue weighted by molar-refractivity contribution is 0.311. The number of hydrogen-bond donors (Lipinski definition) is 2. The minimum absolute atomic E-state index is 0.00387. The molecular formula is C18H28O4. The van der Waals surface area contributed by atoms with E-state index in [0.717, 1.165) is 0 Å². The smallest absolute Gasteiger partial charge is 0.207 e. The van der Waals surface area contributed by atoms with Crippen molar-refractivity contribution in [3.8, 4) is 23.0 Å². The molecule has 0 amide bonds. The Hall–Kier alpha value is -1.84. The van der Waals surface area contributed by atoms with Gasteiger partial charge in [-0.1, -0.05) is 39.3 Å². The van der Waals surface area contributed by atoms with E-state index in [-0.39, 0.29) is 23.0 Å². The van der Waals surface area contributed by atoms with Gasteiger partial charge < -0.3 is 19.7 Å². The average Bonchev–Trinajstić information content (AvgIpc) is 2.41. The molecule has 0 aromatic heterocycles. The van der Waals surface area contributed by atoms with Crippen LogP contribution in [-0.4, -0.2) is 24.4 Å². The van der Waals surface area contributed by atoms with Crippen LogP contribution >= 0.6 is 0 Å². The lowest BCUT2D eigenvalue weighted by Gasteiger charge is -2.28. The lowest BCUT2D eigenvalue weighted by atomic mass is 9.78. The topological polar surface area (TPSA) is 58.9 Å². The molecule has 0 aliphatic carbocycles. The van der Waals surface area contributed by atoms with Gasteiger partial charge in [0, 0.05) is 16.5 Å². The van der Waals surface area contributed by atoms with E-state index in [2.05, 4.69) is 26.8 Å². The van der Waals surface area contributed by atoms with Gasteiger partial charge in [0.1, 0.15) is 0 Å². The van der Waals surface area contributed by atoms with Crippen molar-refractivity contribution in [1.29, 1.82) is 0 Å². The first kappa shape index (κ1) is 18.2. The zero-order chi connectivity index (χ0) is 17.2. The van der Waals surface area contributed by atoms with E-state index in [1.165, 1.54) is 19.8 Å². The average molecular weight is 308 g/mol. The summed E-state index contributed by atoms with van der Waals surface area (Å²) in [4.78, 5) is 0. The molecule has 0 unspecified atom stereocenters. The number of phenolic OH excluding ortho intramolecular Hbond substituents is 2. The van der Waals surface area contributed by atoms with E-state index in [9.17, 15) is 10.2 Å². The van der Waals surface area contributed by atoms with Crippen LogP contribution in [0.5, 0.6) is 23.0 Å². The fourth-order valence-electron chi connectivity index (χ4n) is 2.77. The van der Waals surface area contributed by atoms with E-state index in [1.807, 2.05) is 13.8 Å². The van der Waals surface area contributed by atoms with Gasteiger partial charge in [0.15, 0.2) is 11.5 Å². The Kier molecular flexibility index (Phi) is 5.39. The summed E-state index contributed by atoms with van der Waals surface area (Å²) in [6, 6.07) is 0. The van der Waals surface area contributed by atoms with Gasteiger partial charge in [0.05, 0.1) is 14.2 Å². The SMILES string of the molecule is COc1c(O)c(C)c(C(C)(C)/C=C(\C)C(C)C)c(O)c1OC. The Morgan fingerprint density at radius 2 is 1.50 bits per heavy atom. The van der Waals surface area contributed by atoms with Gasteiger partial charge in [-0.05, 0) is 19.8 Å². The van der Waals surface area contributed by atoms with Gasteiger partial charge in [-0.15, -0.1) is 0 Å². The van der Waals surface area contributed by atoms with E-state index in [0.29, 0.717) is 17.0 Å². The Morgan fingerprint density at radius 1 is 1.05 bits per heavy atom. The number of benzene rings is 1. The summed E-state index contributed by atoms with van der Waals surface area (Å²) >= 11 is 0. The summed E-state index contributed by atoms with van der Waals surface area (Å²) in [5.41, 5.74) is 1.99. The third-order valence-electron chi connectivity index (χ3n) is 4.16. The van der Waals surface area contributed by atoms with Crippen LogP contribution in [0.3, 0.4) is 0 Å². The zero-order valence-electron chi connectivity index (χ0n) is 14.9. The monoisotopic (exact) mass is 308 g/mol. The number of phenols is 2. The Bertz CT molecular complexity index is 583. The van der Waals surface area contributed by atoms with E-state index >= 15 is 0 Å². The molecule has 1 aromatic rings. The highest BCUT2D eigenvalue weighted by Gasteiger charge is 2.31. The first-order chi connectivity index (χ1) is 10.1. The van der Waals surface area contributed by atoms with Gasteiger partial charge in [-0.3, -0.25) is 0 Å². The normalized spacial score (nSPS) is 12.7. The molecule has 2 N–H and O–H groups in total. The van der Waals surface area contributed by atoms with Crippen molar-refractivity contribution in [2.24, 2.45) is 5.92 Å². The van der Waals surface area contributed by atoms with Gasteiger partial charge in [-0.2, -0.15) is 0 Å².